The molecule has 2 atom stereocenters. The summed E-state index contributed by atoms with van der Waals surface area (Å²) in [6, 6.07) is 5.61. The van der Waals surface area contributed by atoms with Gasteiger partial charge in [0, 0.05) is 6.04 Å². The lowest BCUT2D eigenvalue weighted by molar-refractivity contribution is -0.129. The molecule has 7 heteroatoms. The third-order valence-corrected chi connectivity index (χ3v) is 5.55. The molecule has 3 rings (SSSR count). The van der Waals surface area contributed by atoms with Crippen LogP contribution in [0, 0.1) is 5.82 Å². The summed E-state index contributed by atoms with van der Waals surface area (Å²) in [5, 5.41) is 3.06. The number of sulfone groups is 1. The zero-order valence-electron chi connectivity index (χ0n) is 10.8. The first-order valence-electron chi connectivity index (χ1n) is 6.47. The number of carbonyl (C=O) groups excluding carboxylic acids is 1. The molecule has 2 unspecified atom stereocenters. The molecule has 0 spiro atoms. The highest BCUT2D eigenvalue weighted by molar-refractivity contribution is 7.91. The summed E-state index contributed by atoms with van der Waals surface area (Å²) in [5.41, 5.74) is 0.765. The predicted molar refractivity (Wildman–Crippen MR) is 71.0 cm³/mol. The number of nitrogens with zero attached hydrogens (tertiary/aromatic N) is 1. The van der Waals surface area contributed by atoms with Gasteiger partial charge < -0.3 is 4.90 Å². The zero-order chi connectivity index (χ0) is 14.3. The van der Waals surface area contributed by atoms with Gasteiger partial charge in [-0.25, -0.2) is 12.8 Å². The minimum Gasteiger partial charge on any atom is -0.318 e. The van der Waals surface area contributed by atoms with Crippen LogP contribution >= 0.6 is 0 Å². The molecule has 2 aliphatic heterocycles. The summed E-state index contributed by atoms with van der Waals surface area (Å²) in [7, 11) is -3.05. The van der Waals surface area contributed by atoms with Crippen molar-refractivity contribution in [2.75, 3.05) is 18.1 Å². The molecule has 108 valence electrons. The van der Waals surface area contributed by atoms with Crippen LogP contribution in [0.1, 0.15) is 18.2 Å². The van der Waals surface area contributed by atoms with Gasteiger partial charge in [-0.15, -0.1) is 0 Å². The number of carbonyl (C=O) groups is 1. The van der Waals surface area contributed by atoms with E-state index >= 15 is 0 Å². The van der Waals surface area contributed by atoms with E-state index in [4.69, 9.17) is 0 Å². The molecule has 20 heavy (non-hydrogen) atoms. The van der Waals surface area contributed by atoms with Crippen LogP contribution in [-0.2, 0) is 14.6 Å². The van der Waals surface area contributed by atoms with E-state index < -0.39 is 9.84 Å². The first-order chi connectivity index (χ1) is 9.46. The maximum Gasteiger partial charge on any atom is 0.238 e. The lowest BCUT2D eigenvalue weighted by Gasteiger charge is -2.29. The Morgan fingerprint density at radius 1 is 1.25 bits per heavy atom. The lowest BCUT2D eigenvalue weighted by atomic mass is 10.1. The second-order valence-electron chi connectivity index (χ2n) is 5.19. The maximum absolute atomic E-state index is 13.0. The Labute approximate surface area is 116 Å². The van der Waals surface area contributed by atoms with Crippen molar-refractivity contribution in [3.63, 3.8) is 0 Å². The standard InChI is InChI=1S/C13H15FN2O3S/c14-10-3-1-9(2-4-10)13-15-7-12(17)16(13)11-5-6-20(18,19)8-11/h1-4,11,13,15H,5-8H2. The van der Waals surface area contributed by atoms with Crippen LogP contribution < -0.4 is 5.32 Å². The van der Waals surface area contributed by atoms with E-state index in [1.54, 1.807) is 17.0 Å². The molecule has 0 aromatic heterocycles. The molecule has 2 fully saturated rings. The van der Waals surface area contributed by atoms with Crippen LogP contribution in [0.25, 0.3) is 0 Å². The van der Waals surface area contributed by atoms with Gasteiger partial charge in [0.05, 0.1) is 18.1 Å². The number of rotatable bonds is 2. The number of benzene rings is 1. The average molecular weight is 298 g/mol. The molecule has 1 aromatic rings. The van der Waals surface area contributed by atoms with Gasteiger partial charge in [-0.2, -0.15) is 0 Å². The van der Waals surface area contributed by atoms with E-state index in [1.807, 2.05) is 0 Å². The largest absolute Gasteiger partial charge is 0.318 e. The summed E-state index contributed by atoms with van der Waals surface area (Å²) in [5.74, 6) is -0.315. The van der Waals surface area contributed by atoms with Crippen molar-refractivity contribution in [1.82, 2.24) is 10.2 Å². The van der Waals surface area contributed by atoms with Crippen LogP contribution in [0.2, 0.25) is 0 Å². The number of hydrogen-bond donors (Lipinski definition) is 1. The Morgan fingerprint density at radius 3 is 2.55 bits per heavy atom. The summed E-state index contributed by atoms with van der Waals surface area (Å²) in [4.78, 5) is 13.6. The number of nitrogens with one attached hydrogen (secondary N) is 1. The van der Waals surface area contributed by atoms with Gasteiger partial charge in [0.1, 0.15) is 12.0 Å². The summed E-state index contributed by atoms with van der Waals surface area (Å²) in [6.45, 7) is 0.179. The van der Waals surface area contributed by atoms with Crippen LogP contribution in [0.15, 0.2) is 24.3 Å². The van der Waals surface area contributed by atoms with Crippen LogP contribution in [0.3, 0.4) is 0 Å². The predicted octanol–water partition coefficient (Wildman–Crippen LogP) is 0.443. The van der Waals surface area contributed by atoms with E-state index in [2.05, 4.69) is 5.32 Å². The van der Waals surface area contributed by atoms with Gasteiger partial charge in [-0.05, 0) is 24.1 Å². The average Bonchev–Trinajstić information content (AvgIpc) is 2.93. The molecule has 1 N–H and O–H groups in total. The molecule has 2 aliphatic rings. The highest BCUT2D eigenvalue weighted by Gasteiger charge is 2.41. The molecule has 2 saturated heterocycles. The van der Waals surface area contributed by atoms with Crippen molar-refractivity contribution in [3.8, 4) is 0 Å². The Hall–Kier alpha value is -1.47. The summed E-state index contributed by atoms with van der Waals surface area (Å²) in [6.07, 6.45) is 0.0920. The second-order valence-corrected chi connectivity index (χ2v) is 7.42. The highest BCUT2D eigenvalue weighted by atomic mass is 32.2. The van der Waals surface area contributed by atoms with E-state index in [0.29, 0.717) is 6.42 Å². The monoisotopic (exact) mass is 298 g/mol. The van der Waals surface area contributed by atoms with Crippen molar-refractivity contribution in [2.24, 2.45) is 0 Å². The van der Waals surface area contributed by atoms with Gasteiger partial charge in [-0.1, -0.05) is 12.1 Å². The van der Waals surface area contributed by atoms with Crippen molar-refractivity contribution < 1.29 is 17.6 Å². The molecule has 0 saturated carbocycles. The van der Waals surface area contributed by atoms with Gasteiger partial charge in [0.25, 0.3) is 0 Å². The van der Waals surface area contributed by atoms with E-state index in [1.165, 1.54) is 12.1 Å². The van der Waals surface area contributed by atoms with Gasteiger partial charge in [0.2, 0.25) is 5.91 Å². The summed E-state index contributed by atoms with van der Waals surface area (Å²) >= 11 is 0. The van der Waals surface area contributed by atoms with Crippen molar-refractivity contribution in [2.45, 2.75) is 18.6 Å². The molecule has 1 aromatic carbocycles. The molecule has 1 amide bonds. The molecular weight excluding hydrogens is 283 g/mol. The lowest BCUT2D eigenvalue weighted by Crippen LogP contribution is -2.40. The highest BCUT2D eigenvalue weighted by Crippen LogP contribution is 2.29. The van der Waals surface area contributed by atoms with Gasteiger partial charge in [-0.3, -0.25) is 10.1 Å². The third kappa shape index (κ3) is 2.43. The molecule has 0 radical (unpaired) electrons. The number of amides is 1. The van der Waals surface area contributed by atoms with E-state index in [-0.39, 0.29) is 42.0 Å². The Balaban J connectivity index is 1.87. The SMILES string of the molecule is O=C1CNC(c2ccc(F)cc2)N1C1CCS(=O)(=O)C1. The Kier molecular flexibility index (Phi) is 3.25. The fraction of sp³-hybridized carbons (Fsp3) is 0.462. The van der Waals surface area contributed by atoms with Crippen molar-refractivity contribution in [1.29, 1.82) is 0 Å². The summed E-state index contributed by atoms with van der Waals surface area (Å²) < 4.78 is 36.1. The van der Waals surface area contributed by atoms with Crippen LogP contribution in [0.4, 0.5) is 4.39 Å². The second kappa shape index (κ2) is 4.82. The molecule has 2 heterocycles. The maximum atomic E-state index is 13.0. The van der Waals surface area contributed by atoms with Crippen molar-refractivity contribution >= 4 is 15.7 Å². The molecule has 0 bridgehead atoms. The third-order valence-electron chi connectivity index (χ3n) is 3.80. The minimum absolute atomic E-state index is 0.0120. The molecule has 0 aliphatic carbocycles. The minimum atomic E-state index is -3.05. The smallest absolute Gasteiger partial charge is 0.238 e. The van der Waals surface area contributed by atoms with E-state index in [0.717, 1.165) is 5.56 Å². The fourth-order valence-corrected chi connectivity index (χ4v) is 4.56. The first-order valence-corrected chi connectivity index (χ1v) is 8.29. The van der Waals surface area contributed by atoms with Crippen LogP contribution in [0.5, 0.6) is 0 Å². The normalized spacial score (nSPS) is 29.1. The zero-order valence-corrected chi connectivity index (χ0v) is 11.6. The fourth-order valence-electron chi connectivity index (χ4n) is 2.85. The first kappa shape index (κ1) is 13.5. The Bertz CT molecular complexity index is 630. The Morgan fingerprint density at radius 2 is 1.95 bits per heavy atom. The number of hydrogen-bond acceptors (Lipinski definition) is 4. The van der Waals surface area contributed by atoms with Crippen molar-refractivity contribution in [3.05, 3.63) is 35.6 Å². The van der Waals surface area contributed by atoms with E-state index in [9.17, 15) is 17.6 Å². The van der Waals surface area contributed by atoms with Gasteiger partial charge in [0.15, 0.2) is 9.84 Å². The topological polar surface area (TPSA) is 66.5 Å². The van der Waals surface area contributed by atoms with Crippen LogP contribution in [-0.4, -0.2) is 43.3 Å². The molecule has 5 nitrogen and oxygen atoms in total. The quantitative estimate of drug-likeness (QED) is 0.860. The molecular formula is C13H15FN2O3S. The number of halogens is 1. The van der Waals surface area contributed by atoms with Gasteiger partial charge >= 0.3 is 0 Å².